The second-order valence-corrected chi connectivity index (χ2v) is 14.6. The van der Waals surface area contributed by atoms with Gasteiger partial charge in [-0.1, -0.05) is 80.1 Å². The first-order valence-electron chi connectivity index (χ1n) is 16.2. The summed E-state index contributed by atoms with van der Waals surface area (Å²) in [5, 5.41) is 11.6. The highest BCUT2D eigenvalue weighted by atomic mass is 127. The maximum atomic E-state index is 13.7. The number of carbonyl (C=O) groups is 4. The van der Waals surface area contributed by atoms with Crippen LogP contribution in [0.3, 0.4) is 0 Å². The summed E-state index contributed by atoms with van der Waals surface area (Å²) in [6, 6.07) is 9.18. The number of fused-ring (bicyclic) bond motifs is 3. The first kappa shape index (κ1) is 34.0. The van der Waals surface area contributed by atoms with Crippen molar-refractivity contribution in [2.24, 2.45) is 17.8 Å². The van der Waals surface area contributed by atoms with Crippen LogP contribution in [0.2, 0.25) is 0 Å². The lowest BCUT2D eigenvalue weighted by atomic mass is 9.81. The van der Waals surface area contributed by atoms with Gasteiger partial charge in [-0.2, -0.15) is 0 Å². The van der Waals surface area contributed by atoms with Gasteiger partial charge in [0.25, 0.3) is 11.7 Å². The SMILES string of the molecule is C[C@@H]1C[C@H](C)C(=O)CCCCCC(C(I)Cc2ccccc2)OC(=O)[C@@H]2CCCCN2C(=O)C(=O)[C@]2(O)OC1CC[C@H]2C. The van der Waals surface area contributed by atoms with Gasteiger partial charge >= 0.3 is 5.97 Å². The van der Waals surface area contributed by atoms with Gasteiger partial charge in [0, 0.05) is 24.8 Å². The zero-order chi connectivity index (χ0) is 31.1. The van der Waals surface area contributed by atoms with E-state index in [0.717, 1.165) is 37.7 Å². The molecule has 0 spiro atoms. The van der Waals surface area contributed by atoms with Gasteiger partial charge in [-0.3, -0.25) is 14.4 Å². The zero-order valence-corrected chi connectivity index (χ0v) is 28.0. The number of esters is 1. The Morgan fingerprint density at radius 2 is 1.67 bits per heavy atom. The second kappa shape index (κ2) is 15.4. The quantitative estimate of drug-likeness (QED) is 0.189. The minimum Gasteiger partial charge on any atom is -0.460 e. The lowest BCUT2D eigenvalue weighted by Gasteiger charge is -2.43. The molecule has 1 amide bonds. The number of cyclic esters (lactones) is 1. The number of hydrogen-bond acceptors (Lipinski definition) is 7. The van der Waals surface area contributed by atoms with Gasteiger partial charge in [-0.25, -0.2) is 4.79 Å². The van der Waals surface area contributed by atoms with Crippen molar-refractivity contribution in [2.75, 3.05) is 6.54 Å². The van der Waals surface area contributed by atoms with Crippen molar-refractivity contribution >= 4 is 46.0 Å². The van der Waals surface area contributed by atoms with Crippen LogP contribution in [0.5, 0.6) is 0 Å². The fourth-order valence-corrected chi connectivity index (χ4v) is 7.83. The number of piperidine rings is 1. The van der Waals surface area contributed by atoms with E-state index >= 15 is 0 Å². The van der Waals surface area contributed by atoms with Crippen molar-refractivity contribution in [3.63, 3.8) is 0 Å². The minimum atomic E-state index is -2.28. The summed E-state index contributed by atoms with van der Waals surface area (Å²) in [4.78, 5) is 55.4. The fourth-order valence-electron chi connectivity index (χ4n) is 6.82. The van der Waals surface area contributed by atoms with Crippen molar-refractivity contribution < 1.29 is 33.8 Å². The molecular weight excluding hydrogens is 661 g/mol. The number of nitrogens with zero attached hydrogens (tertiary/aromatic N) is 1. The van der Waals surface area contributed by atoms with E-state index < -0.39 is 41.5 Å². The van der Waals surface area contributed by atoms with Crippen LogP contribution in [0.15, 0.2) is 30.3 Å². The Balaban J connectivity index is 1.60. The molecule has 43 heavy (non-hydrogen) atoms. The van der Waals surface area contributed by atoms with Crippen LogP contribution in [0.4, 0.5) is 0 Å². The lowest BCUT2D eigenvalue weighted by molar-refractivity contribution is -0.270. The number of alkyl halides is 1. The molecule has 0 aliphatic carbocycles. The highest BCUT2D eigenvalue weighted by Crippen LogP contribution is 2.38. The molecule has 9 heteroatoms. The Bertz CT molecular complexity index is 1130. The number of aliphatic hydroxyl groups is 1. The largest absolute Gasteiger partial charge is 0.460 e. The average molecular weight is 710 g/mol. The van der Waals surface area contributed by atoms with Crippen molar-refractivity contribution in [3.8, 4) is 0 Å². The summed E-state index contributed by atoms with van der Waals surface area (Å²) < 4.78 is 12.2. The van der Waals surface area contributed by atoms with Gasteiger partial charge in [0.1, 0.15) is 17.9 Å². The van der Waals surface area contributed by atoms with E-state index in [1.165, 1.54) is 4.90 Å². The third kappa shape index (κ3) is 8.45. The van der Waals surface area contributed by atoms with Gasteiger partial charge in [-0.05, 0) is 75.7 Å². The lowest BCUT2D eigenvalue weighted by Crippen LogP contribution is -2.61. The monoisotopic (exact) mass is 709 g/mol. The van der Waals surface area contributed by atoms with Crippen LogP contribution < -0.4 is 0 Å². The molecule has 0 radical (unpaired) electrons. The molecule has 0 saturated carbocycles. The van der Waals surface area contributed by atoms with Crippen LogP contribution in [0.1, 0.15) is 97.0 Å². The number of ketones is 2. The molecular formula is C34H48INO7. The van der Waals surface area contributed by atoms with Gasteiger partial charge in [0.2, 0.25) is 5.79 Å². The molecule has 3 saturated heterocycles. The number of ether oxygens (including phenoxy) is 2. The van der Waals surface area contributed by atoms with Crippen LogP contribution in [0.25, 0.3) is 0 Å². The molecule has 3 aliphatic heterocycles. The zero-order valence-electron chi connectivity index (χ0n) is 25.8. The first-order valence-corrected chi connectivity index (χ1v) is 17.4. The van der Waals surface area contributed by atoms with Crippen molar-refractivity contribution in [1.29, 1.82) is 0 Å². The summed E-state index contributed by atoms with van der Waals surface area (Å²) >= 11 is 2.35. The number of halogens is 1. The van der Waals surface area contributed by atoms with E-state index in [1.54, 1.807) is 6.92 Å². The number of rotatable bonds is 3. The highest BCUT2D eigenvalue weighted by molar-refractivity contribution is 14.1. The molecule has 1 aromatic carbocycles. The van der Waals surface area contributed by atoms with Gasteiger partial charge in [0.15, 0.2) is 0 Å². The van der Waals surface area contributed by atoms with Crippen molar-refractivity contribution in [3.05, 3.63) is 35.9 Å². The van der Waals surface area contributed by atoms with E-state index in [0.29, 0.717) is 44.9 Å². The van der Waals surface area contributed by atoms with Crippen LogP contribution >= 0.6 is 22.6 Å². The van der Waals surface area contributed by atoms with E-state index in [1.807, 2.05) is 32.0 Å². The Morgan fingerprint density at radius 3 is 2.42 bits per heavy atom. The summed E-state index contributed by atoms with van der Waals surface area (Å²) in [6.07, 6.45) is 7.02. The minimum absolute atomic E-state index is 0.00436. The Morgan fingerprint density at radius 1 is 0.953 bits per heavy atom. The van der Waals surface area contributed by atoms with E-state index in [2.05, 4.69) is 34.7 Å². The molecule has 3 fully saturated rings. The maximum Gasteiger partial charge on any atom is 0.329 e. The fraction of sp³-hybridized carbons (Fsp3) is 0.706. The van der Waals surface area contributed by atoms with Crippen LogP contribution in [0, 0.1) is 17.8 Å². The molecule has 2 bridgehead atoms. The third-order valence-electron chi connectivity index (χ3n) is 9.70. The second-order valence-electron chi connectivity index (χ2n) is 13.0. The Hall–Kier alpha value is -1.85. The van der Waals surface area contributed by atoms with Gasteiger partial charge in [0.05, 0.1) is 10.0 Å². The average Bonchev–Trinajstić information content (AvgIpc) is 3.00. The van der Waals surface area contributed by atoms with Gasteiger partial charge < -0.3 is 19.5 Å². The smallest absolute Gasteiger partial charge is 0.329 e. The van der Waals surface area contributed by atoms with E-state index in [-0.39, 0.29) is 34.2 Å². The molecule has 8 atom stereocenters. The van der Waals surface area contributed by atoms with E-state index in [4.69, 9.17) is 9.47 Å². The van der Waals surface area contributed by atoms with Crippen molar-refractivity contribution in [1.82, 2.24) is 4.90 Å². The number of hydrogen-bond donors (Lipinski definition) is 1. The van der Waals surface area contributed by atoms with Gasteiger partial charge in [-0.15, -0.1) is 0 Å². The summed E-state index contributed by atoms with van der Waals surface area (Å²) in [6.45, 7) is 5.88. The molecule has 3 heterocycles. The summed E-state index contributed by atoms with van der Waals surface area (Å²) in [7, 11) is 0. The molecule has 4 rings (SSSR count). The summed E-state index contributed by atoms with van der Waals surface area (Å²) in [5.74, 6) is -5.32. The Kier molecular flexibility index (Phi) is 12.2. The molecule has 3 aliphatic rings. The first-order chi connectivity index (χ1) is 20.5. The predicted molar refractivity (Wildman–Crippen MR) is 171 cm³/mol. The normalized spacial score (nSPS) is 34.8. The number of benzene rings is 1. The third-order valence-corrected chi connectivity index (χ3v) is 10.9. The topological polar surface area (TPSA) is 110 Å². The molecule has 0 aromatic heterocycles. The standard InChI is InChI=1S/C34H48INO7/c1-22-20-23(2)29-18-17-24(3)34(41,43-29)31(38)32(39)36-19-11-10-14-27(36)33(40)42-30(16-9-5-8-15-28(22)37)26(35)21-25-12-6-4-7-13-25/h4,6-7,12-13,22-24,26-27,29-30,41H,5,8-11,14-21H2,1-3H3/t22-,23+,24+,26?,27-,29?,30?,34+/m0/s1. The molecule has 3 unspecified atom stereocenters. The molecule has 1 N–H and O–H groups in total. The molecule has 238 valence electrons. The van der Waals surface area contributed by atoms with Crippen LogP contribution in [-0.2, 0) is 35.1 Å². The van der Waals surface area contributed by atoms with E-state index in [9.17, 15) is 24.3 Å². The molecule has 8 nitrogen and oxygen atoms in total. The highest BCUT2D eigenvalue weighted by Gasteiger charge is 2.53. The summed E-state index contributed by atoms with van der Waals surface area (Å²) in [5.41, 5.74) is 1.15. The Labute approximate surface area is 269 Å². The number of amides is 1. The van der Waals surface area contributed by atoms with Crippen LogP contribution in [-0.4, -0.2) is 68.0 Å². The molecule has 1 aromatic rings. The number of Topliss-reactive ketones (excluding diaryl/α,β-unsaturated/α-hetero) is 2. The number of carbonyl (C=O) groups excluding carboxylic acids is 4. The maximum absolute atomic E-state index is 13.7. The predicted octanol–water partition coefficient (Wildman–Crippen LogP) is 5.59. The van der Waals surface area contributed by atoms with Crippen molar-refractivity contribution in [2.45, 2.75) is 126 Å².